The molecule has 7 heavy (non-hydrogen) atoms. The molecule has 1 atom stereocenters. The molecule has 0 radical (unpaired) electrons. The lowest BCUT2D eigenvalue weighted by molar-refractivity contribution is 0.364. The average molecular weight is 104 g/mol. The Hall–Kier alpha value is -0.0700. The first-order valence-corrected chi connectivity index (χ1v) is 2.87. The molecule has 0 saturated heterocycles. The first-order valence-electron chi connectivity index (χ1n) is 2.87. The van der Waals surface area contributed by atoms with Crippen molar-refractivity contribution < 1.29 is 4.39 Å². The molecular weight excluding hydrogens is 91.1 g/mol. The summed E-state index contributed by atoms with van der Waals surface area (Å²) in [7, 11) is 0. The van der Waals surface area contributed by atoms with Crippen molar-refractivity contribution in [2.45, 2.75) is 26.7 Å². The summed E-state index contributed by atoms with van der Waals surface area (Å²) in [6, 6.07) is 0. The van der Waals surface area contributed by atoms with Crippen molar-refractivity contribution in [1.29, 1.82) is 0 Å². The Morgan fingerprint density at radius 3 is 2.29 bits per heavy atom. The van der Waals surface area contributed by atoms with Gasteiger partial charge in [-0.2, -0.15) is 0 Å². The minimum atomic E-state index is -0.159. The van der Waals surface area contributed by atoms with E-state index in [2.05, 4.69) is 6.92 Å². The smallest absolute Gasteiger partial charge is 0.0919 e. The zero-order chi connectivity index (χ0) is 5.70. The van der Waals surface area contributed by atoms with Crippen LogP contribution in [0.2, 0.25) is 0 Å². The Kier molecular flexibility index (Phi) is 4.06. The molecule has 0 aliphatic heterocycles. The second-order valence-corrected chi connectivity index (χ2v) is 2.05. The van der Waals surface area contributed by atoms with Gasteiger partial charge in [-0.25, -0.2) is 0 Å². The van der Waals surface area contributed by atoms with Gasteiger partial charge in [0.15, 0.2) is 0 Å². The van der Waals surface area contributed by atoms with Crippen LogP contribution >= 0.6 is 0 Å². The Morgan fingerprint density at radius 2 is 2.14 bits per heavy atom. The average Bonchev–Trinajstić information content (AvgIpc) is 1.68. The third kappa shape index (κ3) is 3.77. The van der Waals surface area contributed by atoms with Crippen LogP contribution in [0, 0.1) is 5.92 Å². The lowest BCUT2D eigenvalue weighted by Gasteiger charge is -1.99. The van der Waals surface area contributed by atoms with Gasteiger partial charge in [-0.1, -0.05) is 20.3 Å². The highest BCUT2D eigenvalue weighted by Gasteiger charge is 1.95. The summed E-state index contributed by atoms with van der Waals surface area (Å²) in [5.41, 5.74) is 0. The maximum atomic E-state index is 11.6. The predicted octanol–water partition coefficient (Wildman–Crippen LogP) is 2.39. The van der Waals surface area contributed by atoms with E-state index in [1.165, 1.54) is 0 Å². The minimum Gasteiger partial charge on any atom is -0.251 e. The van der Waals surface area contributed by atoms with Crippen LogP contribution in [0.3, 0.4) is 0 Å². The summed E-state index contributed by atoms with van der Waals surface area (Å²) in [6.07, 6.45) is 2.13. The van der Waals surface area contributed by atoms with Gasteiger partial charge in [0, 0.05) is 0 Å². The van der Waals surface area contributed by atoms with Crippen molar-refractivity contribution in [1.82, 2.24) is 0 Å². The van der Waals surface area contributed by atoms with Crippen molar-refractivity contribution >= 4 is 0 Å². The zero-order valence-corrected chi connectivity index (χ0v) is 5.08. The van der Waals surface area contributed by atoms with E-state index in [0.29, 0.717) is 0 Å². The molecule has 0 rings (SSSR count). The van der Waals surface area contributed by atoms with Crippen molar-refractivity contribution in [3.63, 3.8) is 0 Å². The van der Waals surface area contributed by atoms with Gasteiger partial charge >= 0.3 is 0 Å². The first-order chi connectivity index (χ1) is 3.31. The zero-order valence-electron chi connectivity index (χ0n) is 5.08. The van der Waals surface area contributed by atoms with Crippen LogP contribution < -0.4 is 0 Å². The summed E-state index contributed by atoms with van der Waals surface area (Å²) in [4.78, 5) is 0. The van der Waals surface area contributed by atoms with E-state index in [0.717, 1.165) is 12.8 Å². The number of hydrogen-bond acceptors (Lipinski definition) is 0. The van der Waals surface area contributed by atoms with Crippen LogP contribution in [-0.4, -0.2) is 6.67 Å². The van der Waals surface area contributed by atoms with Crippen molar-refractivity contribution in [2.75, 3.05) is 6.67 Å². The Morgan fingerprint density at radius 1 is 1.57 bits per heavy atom. The minimum absolute atomic E-state index is 0.159. The lowest BCUT2D eigenvalue weighted by Crippen LogP contribution is -1.93. The van der Waals surface area contributed by atoms with E-state index in [4.69, 9.17) is 0 Å². The SMILES string of the molecule is CCCC(C)CF. The predicted molar refractivity (Wildman–Crippen MR) is 30.0 cm³/mol. The topological polar surface area (TPSA) is 0 Å². The fourth-order valence-electron chi connectivity index (χ4n) is 0.570. The van der Waals surface area contributed by atoms with E-state index < -0.39 is 0 Å². The molecule has 0 N–H and O–H groups in total. The van der Waals surface area contributed by atoms with Gasteiger partial charge in [0.2, 0.25) is 0 Å². The molecule has 0 amide bonds. The van der Waals surface area contributed by atoms with Crippen LogP contribution in [0.25, 0.3) is 0 Å². The van der Waals surface area contributed by atoms with Gasteiger partial charge in [-0.3, -0.25) is 4.39 Å². The Labute approximate surface area is 44.7 Å². The molecule has 0 spiro atoms. The number of rotatable bonds is 3. The molecule has 0 nitrogen and oxygen atoms in total. The summed E-state index contributed by atoms with van der Waals surface area (Å²) in [6.45, 7) is 3.85. The monoisotopic (exact) mass is 104 g/mol. The number of halogens is 1. The van der Waals surface area contributed by atoms with Gasteiger partial charge in [-0.05, 0) is 12.3 Å². The normalized spacial score (nSPS) is 14.1. The second kappa shape index (κ2) is 4.10. The van der Waals surface area contributed by atoms with Crippen molar-refractivity contribution in [3.8, 4) is 0 Å². The Bertz CT molecular complexity index is 35.2. The fraction of sp³-hybridized carbons (Fsp3) is 1.00. The highest BCUT2D eigenvalue weighted by Crippen LogP contribution is 2.03. The molecule has 0 aromatic carbocycles. The second-order valence-electron chi connectivity index (χ2n) is 2.05. The largest absolute Gasteiger partial charge is 0.251 e. The van der Waals surface area contributed by atoms with Gasteiger partial charge < -0.3 is 0 Å². The molecule has 0 aliphatic rings. The van der Waals surface area contributed by atoms with E-state index >= 15 is 0 Å². The third-order valence-corrected chi connectivity index (χ3v) is 1.04. The summed E-state index contributed by atoms with van der Waals surface area (Å²) < 4.78 is 11.6. The van der Waals surface area contributed by atoms with E-state index in [-0.39, 0.29) is 12.6 Å². The summed E-state index contributed by atoms with van der Waals surface area (Å²) >= 11 is 0. The first kappa shape index (κ1) is 6.93. The number of alkyl halides is 1. The maximum Gasteiger partial charge on any atom is 0.0919 e. The molecule has 0 heterocycles. The summed E-state index contributed by atoms with van der Waals surface area (Å²) in [5, 5.41) is 0. The van der Waals surface area contributed by atoms with Gasteiger partial charge in [0.25, 0.3) is 0 Å². The molecule has 0 fully saturated rings. The van der Waals surface area contributed by atoms with Crippen LogP contribution in [0.1, 0.15) is 26.7 Å². The quantitative estimate of drug-likeness (QED) is 0.515. The molecule has 1 heteroatoms. The van der Waals surface area contributed by atoms with Crippen molar-refractivity contribution in [3.05, 3.63) is 0 Å². The molecular formula is C6H13F. The van der Waals surface area contributed by atoms with Gasteiger partial charge in [0.1, 0.15) is 0 Å². The van der Waals surface area contributed by atoms with Crippen LogP contribution in [0.4, 0.5) is 4.39 Å². The van der Waals surface area contributed by atoms with Gasteiger partial charge in [-0.15, -0.1) is 0 Å². The van der Waals surface area contributed by atoms with Crippen LogP contribution in [0.5, 0.6) is 0 Å². The summed E-state index contributed by atoms with van der Waals surface area (Å²) in [5.74, 6) is 0.282. The van der Waals surface area contributed by atoms with Crippen molar-refractivity contribution in [2.24, 2.45) is 5.92 Å². The number of hydrogen-bond donors (Lipinski definition) is 0. The van der Waals surface area contributed by atoms with E-state index in [1.54, 1.807) is 0 Å². The standard InChI is InChI=1S/C6H13F/c1-3-4-6(2)5-7/h6H,3-5H2,1-2H3. The highest BCUT2D eigenvalue weighted by atomic mass is 19.1. The van der Waals surface area contributed by atoms with Crippen LogP contribution in [-0.2, 0) is 0 Å². The molecule has 1 unspecified atom stereocenters. The van der Waals surface area contributed by atoms with Crippen LogP contribution in [0.15, 0.2) is 0 Å². The lowest BCUT2D eigenvalue weighted by atomic mass is 10.1. The van der Waals surface area contributed by atoms with E-state index in [9.17, 15) is 4.39 Å². The maximum absolute atomic E-state index is 11.6. The fourth-order valence-corrected chi connectivity index (χ4v) is 0.570. The molecule has 0 bridgehead atoms. The molecule has 0 aromatic heterocycles. The molecule has 44 valence electrons. The van der Waals surface area contributed by atoms with Gasteiger partial charge in [0.05, 0.1) is 6.67 Å². The molecule has 0 aromatic rings. The van der Waals surface area contributed by atoms with E-state index in [1.807, 2.05) is 6.92 Å². The highest BCUT2D eigenvalue weighted by molar-refractivity contribution is 4.46. The third-order valence-electron chi connectivity index (χ3n) is 1.04. The molecule has 0 aliphatic carbocycles. The Balaban J connectivity index is 2.83. The molecule has 0 saturated carbocycles.